The summed E-state index contributed by atoms with van der Waals surface area (Å²) >= 11 is 0. The molecule has 0 bridgehead atoms. The first-order valence-electron chi connectivity index (χ1n) is 10.3. The molecule has 2 aliphatic heterocycles. The number of likely N-dealkylation sites (tertiary alicyclic amines) is 1. The molecule has 2 N–H and O–H groups in total. The van der Waals surface area contributed by atoms with Crippen molar-refractivity contribution in [3.8, 4) is 0 Å². The second-order valence-electron chi connectivity index (χ2n) is 8.14. The van der Waals surface area contributed by atoms with Gasteiger partial charge in [0.15, 0.2) is 0 Å². The van der Waals surface area contributed by atoms with Crippen molar-refractivity contribution in [3.63, 3.8) is 0 Å². The highest BCUT2D eigenvalue weighted by Crippen LogP contribution is 2.37. The van der Waals surface area contributed by atoms with Gasteiger partial charge in [-0.15, -0.1) is 0 Å². The first-order valence-corrected chi connectivity index (χ1v) is 10.3. The summed E-state index contributed by atoms with van der Waals surface area (Å²) in [5.74, 6) is 1.01. The number of fused-ring (bicyclic) bond motifs is 1. The van der Waals surface area contributed by atoms with Crippen LogP contribution in [0.4, 0.5) is 11.4 Å². The van der Waals surface area contributed by atoms with E-state index < -0.39 is 0 Å². The zero-order valence-corrected chi connectivity index (χ0v) is 16.0. The van der Waals surface area contributed by atoms with Crippen molar-refractivity contribution in [2.24, 2.45) is 4.99 Å². The minimum absolute atomic E-state index is 0.0219. The minimum atomic E-state index is -0.366. The van der Waals surface area contributed by atoms with Gasteiger partial charge in [-0.05, 0) is 43.9 Å². The molecule has 2 fully saturated rings. The lowest BCUT2D eigenvalue weighted by Gasteiger charge is -2.47. The Morgan fingerprint density at radius 1 is 1.14 bits per heavy atom. The Labute approximate surface area is 165 Å². The van der Waals surface area contributed by atoms with Crippen molar-refractivity contribution in [1.29, 1.82) is 0 Å². The summed E-state index contributed by atoms with van der Waals surface area (Å²) in [4.78, 5) is 20.0. The number of hydrogen-bond donors (Lipinski definition) is 2. The van der Waals surface area contributed by atoms with Gasteiger partial charge < -0.3 is 20.0 Å². The van der Waals surface area contributed by atoms with Crippen LogP contribution in [0.5, 0.6) is 0 Å². The highest BCUT2D eigenvalue weighted by atomic mass is 16.3. The van der Waals surface area contributed by atoms with E-state index in [0.717, 1.165) is 49.4 Å². The van der Waals surface area contributed by atoms with Crippen LogP contribution in [-0.2, 0) is 0 Å². The fourth-order valence-electron chi connectivity index (χ4n) is 4.73. The number of aliphatic imine (C=N–C) groups is 1. The van der Waals surface area contributed by atoms with Crippen LogP contribution in [0, 0.1) is 0 Å². The van der Waals surface area contributed by atoms with Crippen LogP contribution >= 0.6 is 0 Å². The normalized spacial score (nSPS) is 26.1. The molecule has 1 aromatic heterocycles. The van der Waals surface area contributed by atoms with Crippen molar-refractivity contribution in [3.05, 3.63) is 48.4 Å². The summed E-state index contributed by atoms with van der Waals surface area (Å²) in [5.41, 5.74) is 2.37. The third-order valence-corrected chi connectivity index (χ3v) is 6.19. The lowest BCUT2D eigenvalue weighted by atomic mass is 9.84. The number of carbonyl (C=O) groups is 1. The number of piperidine rings is 1. The maximum atomic E-state index is 13.0. The number of amidine groups is 1. The molecule has 146 valence electrons. The van der Waals surface area contributed by atoms with Crippen molar-refractivity contribution < 1.29 is 9.21 Å². The molecule has 6 heteroatoms. The van der Waals surface area contributed by atoms with Crippen LogP contribution in [0.15, 0.2) is 52.3 Å². The van der Waals surface area contributed by atoms with E-state index in [4.69, 9.17) is 9.41 Å². The maximum Gasteiger partial charge on any atom is 0.257 e. The molecule has 1 aromatic carbocycles. The van der Waals surface area contributed by atoms with Crippen LogP contribution in [0.2, 0.25) is 0 Å². The average molecular weight is 378 g/mol. The monoisotopic (exact) mass is 378 g/mol. The SMILES string of the molecule is O=C(c1ccoc1)N1CCCC2(C1)Nc1ccccc1NC2=NC1CCCC1. The van der Waals surface area contributed by atoms with Crippen molar-refractivity contribution >= 4 is 23.1 Å². The number of furan rings is 1. The van der Waals surface area contributed by atoms with Gasteiger partial charge in [0.05, 0.1) is 35.8 Å². The van der Waals surface area contributed by atoms with Crippen molar-refractivity contribution in [2.75, 3.05) is 23.7 Å². The van der Waals surface area contributed by atoms with Gasteiger partial charge in [0, 0.05) is 6.54 Å². The summed E-state index contributed by atoms with van der Waals surface area (Å²) in [5, 5.41) is 7.37. The first kappa shape index (κ1) is 17.3. The van der Waals surface area contributed by atoms with E-state index in [9.17, 15) is 4.79 Å². The predicted octanol–water partition coefficient (Wildman–Crippen LogP) is 4.13. The minimum Gasteiger partial charge on any atom is -0.472 e. The van der Waals surface area contributed by atoms with Crippen LogP contribution in [-0.4, -0.2) is 41.3 Å². The molecule has 2 aromatic rings. The van der Waals surface area contributed by atoms with Gasteiger partial charge in [-0.1, -0.05) is 25.0 Å². The molecule has 0 radical (unpaired) electrons. The molecule has 3 heterocycles. The quantitative estimate of drug-likeness (QED) is 0.824. The lowest BCUT2D eigenvalue weighted by Crippen LogP contribution is -2.62. The van der Waals surface area contributed by atoms with Gasteiger partial charge in [-0.3, -0.25) is 9.79 Å². The van der Waals surface area contributed by atoms with Crippen LogP contribution < -0.4 is 10.6 Å². The summed E-state index contributed by atoms with van der Waals surface area (Å²) in [6, 6.07) is 10.4. The molecule has 28 heavy (non-hydrogen) atoms. The zero-order valence-electron chi connectivity index (χ0n) is 16.0. The maximum absolute atomic E-state index is 13.0. The number of carbonyl (C=O) groups excluding carboxylic acids is 1. The third-order valence-electron chi connectivity index (χ3n) is 6.19. The van der Waals surface area contributed by atoms with Gasteiger partial charge in [-0.25, -0.2) is 0 Å². The molecule has 5 rings (SSSR count). The van der Waals surface area contributed by atoms with Crippen LogP contribution in [0.3, 0.4) is 0 Å². The van der Waals surface area contributed by atoms with Crippen LogP contribution in [0.25, 0.3) is 0 Å². The predicted molar refractivity (Wildman–Crippen MR) is 110 cm³/mol. The molecular formula is C22H26N4O2. The highest BCUT2D eigenvalue weighted by Gasteiger charge is 2.45. The number of nitrogens with zero attached hydrogens (tertiary/aromatic N) is 2. The van der Waals surface area contributed by atoms with Gasteiger partial charge in [0.1, 0.15) is 17.6 Å². The molecule has 1 saturated carbocycles. The fourth-order valence-corrected chi connectivity index (χ4v) is 4.73. The Balaban J connectivity index is 1.49. The second-order valence-corrected chi connectivity index (χ2v) is 8.14. The van der Waals surface area contributed by atoms with E-state index in [1.807, 2.05) is 17.0 Å². The summed E-state index contributed by atoms with van der Waals surface area (Å²) in [6.45, 7) is 1.36. The largest absolute Gasteiger partial charge is 0.472 e. The number of anilines is 2. The summed E-state index contributed by atoms with van der Waals surface area (Å²) in [6.07, 6.45) is 9.78. The number of hydrogen-bond acceptors (Lipinski definition) is 4. The first-order chi connectivity index (χ1) is 13.7. The highest BCUT2D eigenvalue weighted by molar-refractivity contribution is 6.10. The molecule has 1 atom stereocenters. The van der Waals surface area contributed by atoms with E-state index in [1.165, 1.54) is 19.1 Å². The van der Waals surface area contributed by atoms with Gasteiger partial charge >= 0.3 is 0 Å². The Morgan fingerprint density at radius 3 is 2.75 bits per heavy atom. The molecule has 3 aliphatic rings. The van der Waals surface area contributed by atoms with Gasteiger partial charge in [-0.2, -0.15) is 0 Å². The summed E-state index contributed by atoms with van der Waals surface area (Å²) < 4.78 is 5.12. The van der Waals surface area contributed by atoms with Gasteiger partial charge in [0.2, 0.25) is 0 Å². The Morgan fingerprint density at radius 2 is 1.96 bits per heavy atom. The van der Waals surface area contributed by atoms with Crippen molar-refractivity contribution in [2.45, 2.75) is 50.1 Å². The molecule has 1 unspecified atom stereocenters. The molecule has 6 nitrogen and oxygen atoms in total. The zero-order chi connectivity index (χ0) is 19.0. The third kappa shape index (κ3) is 3.07. The van der Waals surface area contributed by atoms with Crippen molar-refractivity contribution in [1.82, 2.24) is 4.90 Å². The van der Waals surface area contributed by atoms with E-state index >= 15 is 0 Å². The van der Waals surface area contributed by atoms with E-state index in [2.05, 4.69) is 22.8 Å². The average Bonchev–Trinajstić information content (AvgIpc) is 3.42. The number of nitrogens with one attached hydrogen (secondary N) is 2. The standard InChI is InChI=1S/C22H26N4O2/c27-20(16-10-13-28-14-16)26-12-5-11-22(15-26)21(23-17-6-1-2-7-17)24-18-8-3-4-9-19(18)25-22/h3-4,8-10,13-14,17,25H,1-2,5-7,11-12,15H2,(H,23,24). The number of rotatable bonds is 2. The number of benzene rings is 1. The van der Waals surface area contributed by atoms with E-state index in [-0.39, 0.29) is 11.4 Å². The topological polar surface area (TPSA) is 69.9 Å². The Bertz CT molecular complexity index is 886. The number of para-hydroxylation sites is 2. The van der Waals surface area contributed by atoms with E-state index in [0.29, 0.717) is 18.2 Å². The molecular weight excluding hydrogens is 352 g/mol. The molecule has 1 spiro atoms. The van der Waals surface area contributed by atoms with E-state index in [1.54, 1.807) is 12.3 Å². The molecule has 1 aliphatic carbocycles. The lowest BCUT2D eigenvalue weighted by molar-refractivity contribution is 0.0693. The summed E-state index contributed by atoms with van der Waals surface area (Å²) in [7, 11) is 0. The Kier molecular flexibility index (Phi) is 4.34. The second kappa shape index (κ2) is 7.00. The smallest absolute Gasteiger partial charge is 0.257 e. The fraction of sp³-hybridized carbons (Fsp3) is 0.455. The number of amides is 1. The van der Waals surface area contributed by atoms with Crippen LogP contribution in [0.1, 0.15) is 48.9 Å². The Hall–Kier alpha value is -2.76. The molecule has 1 saturated heterocycles. The van der Waals surface area contributed by atoms with Gasteiger partial charge in [0.25, 0.3) is 5.91 Å². The molecule has 1 amide bonds.